The molecule has 0 saturated carbocycles. The van der Waals surface area contributed by atoms with Gasteiger partial charge in [0.15, 0.2) is 0 Å². The molecule has 0 aromatic heterocycles. The molecule has 2 bridgehead atoms. The molecule has 3 aromatic carbocycles. The number of epoxide rings is 1. The van der Waals surface area contributed by atoms with Gasteiger partial charge in [-0.05, 0) is 61.2 Å². The number of piperidine rings is 1. The second kappa shape index (κ2) is 11.6. The summed E-state index contributed by atoms with van der Waals surface area (Å²) in [6.45, 7) is 1.89. The second-order valence-electron chi connectivity index (χ2n) is 11.4. The van der Waals surface area contributed by atoms with E-state index in [0.29, 0.717) is 49.2 Å². The van der Waals surface area contributed by atoms with E-state index < -0.39 is 6.09 Å². The van der Waals surface area contributed by atoms with Crippen molar-refractivity contribution >= 4 is 23.4 Å². The molecular formula is C33H37N3O5. The van der Waals surface area contributed by atoms with Crippen LogP contribution in [0.5, 0.6) is 0 Å². The molecule has 3 aliphatic rings. The van der Waals surface area contributed by atoms with Gasteiger partial charge in [-0.1, -0.05) is 54.6 Å². The van der Waals surface area contributed by atoms with Crippen molar-refractivity contribution in [1.82, 2.24) is 4.90 Å². The van der Waals surface area contributed by atoms with Gasteiger partial charge >= 0.3 is 6.09 Å². The van der Waals surface area contributed by atoms with Crippen LogP contribution < -0.4 is 10.6 Å². The summed E-state index contributed by atoms with van der Waals surface area (Å²) in [5.41, 5.74) is 6.15. The molecule has 6 rings (SSSR count). The molecule has 41 heavy (non-hydrogen) atoms. The Morgan fingerprint density at radius 2 is 1.68 bits per heavy atom. The van der Waals surface area contributed by atoms with E-state index in [1.54, 1.807) is 0 Å². The lowest BCUT2D eigenvalue weighted by Crippen LogP contribution is -2.48. The number of hydrogen-bond acceptors (Lipinski definition) is 6. The topological polar surface area (TPSA) is 103 Å². The number of nitrogens with zero attached hydrogens (tertiary/aromatic N) is 1. The van der Waals surface area contributed by atoms with E-state index in [2.05, 4.69) is 28.6 Å². The lowest BCUT2D eigenvalue weighted by atomic mass is 9.99. The highest BCUT2D eigenvalue weighted by Gasteiger charge is 2.62. The minimum Gasteiger partial charge on any atom is -0.446 e. The van der Waals surface area contributed by atoms with Crippen molar-refractivity contribution in [1.29, 1.82) is 0 Å². The highest BCUT2D eigenvalue weighted by atomic mass is 16.6. The van der Waals surface area contributed by atoms with Gasteiger partial charge in [-0.15, -0.1) is 0 Å². The van der Waals surface area contributed by atoms with Crippen LogP contribution in [0, 0.1) is 6.92 Å². The summed E-state index contributed by atoms with van der Waals surface area (Å²) in [5.74, 6) is -0.0530. The molecule has 0 radical (unpaired) electrons. The molecule has 214 valence electrons. The predicted molar refractivity (Wildman–Crippen MR) is 158 cm³/mol. The van der Waals surface area contributed by atoms with Crippen LogP contribution >= 0.6 is 0 Å². The van der Waals surface area contributed by atoms with E-state index in [9.17, 15) is 14.7 Å². The maximum absolute atomic E-state index is 13.1. The minimum atomic E-state index is -0.440. The molecule has 8 heteroatoms. The van der Waals surface area contributed by atoms with Gasteiger partial charge in [0, 0.05) is 42.6 Å². The highest BCUT2D eigenvalue weighted by molar-refractivity contribution is 5.92. The molecule has 3 aromatic rings. The minimum absolute atomic E-state index is 0.0257. The summed E-state index contributed by atoms with van der Waals surface area (Å²) < 4.78 is 11.7. The number of aliphatic hydroxyl groups is 1. The molecule has 0 spiro atoms. The summed E-state index contributed by atoms with van der Waals surface area (Å²) in [6, 6.07) is 22.2. The first-order chi connectivity index (χ1) is 19.9. The van der Waals surface area contributed by atoms with E-state index in [1.807, 2.05) is 67.6 Å². The van der Waals surface area contributed by atoms with Gasteiger partial charge < -0.3 is 19.9 Å². The maximum atomic E-state index is 13.1. The number of ether oxygens (including phenoxy) is 2. The normalized spacial score (nSPS) is 24.4. The van der Waals surface area contributed by atoms with Crippen molar-refractivity contribution in [3.8, 4) is 11.1 Å². The number of carbonyl (C=O) groups is 2. The first-order valence-corrected chi connectivity index (χ1v) is 14.4. The average molecular weight is 556 g/mol. The predicted octanol–water partition coefficient (Wildman–Crippen LogP) is 5.28. The van der Waals surface area contributed by atoms with E-state index in [1.165, 1.54) is 0 Å². The summed E-state index contributed by atoms with van der Waals surface area (Å²) in [7, 11) is 2.14. The summed E-state index contributed by atoms with van der Waals surface area (Å²) in [5, 5.41) is 15.3. The van der Waals surface area contributed by atoms with Gasteiger partial charge in [0.25, 0.3) is 0 Å². The number of aryl methyl sites for hydroxylation is 2. The number of rotatable bonds is 9. The van der Waals surface area contributed by atoms with Gasteiger partial charge in [-0.25, -0.2) is 4.79 Å². The number of amides is 2. The Morgan fingerprint density at radius 1 is 0.951 bits per heavy atom. The number of benzene rings is 3. The monoisotopic (exact) mass is 555 g/mol. The van der Waals surface area contributed by atoms with Crippen LogP contribution in [-0.4, -0.2) is 59.5 Å². The van der Waals surface area contributed by atoms with E-state index in [4.69, 9.17) is 9.47 Å². The smallest absolute Gasteiger partial charge is 0.411 e. The largest absolute Gasteiger partial charge is 0.446 e. The van der Waals surface area contributed by atoms with Crippen LogP contribution in [0.4, 0.5) is 16.2 Å². The number of aliphatic hydroxyl groups excluding tert-OH is 1. The quantitative estimate of drug-likeness (QED) is 0.311. The fraction of sp³-hybridized carbons (Fsp3) is 0.394. The van der Waals surface area contributed by atoms with Crippen LogP contribution in [0.15, 0.2) is 66.7 Å². The fourth-order valence-corrected chi connectivity index (χ4v) is 6.44. The second-order valence-corrected chi connectivity index (χ2v) is 11.4. The van der Waals surface area contributed by atoms with Crippen molar-refractivity contribution in [2.24, 2.45) is 0 Å². The van der Waals surface area contributed by atoms with Crippen molar-refractivity contribution < 1.29 is 24.2 Å². The maximum Gasteiger partial charge on any atom is 0.411 e. The van der Waals surface area contributed by atoms with Gasteiger partial charge in [-0.3, -0.25) is 15.0 Å². The molecule has 0 aliphatic carbocycles. The number of anilines is 2. The molecule has 8 nitrogen and oxygen atoms in total. The van der Waals surface area contributed by atoms with Gasteiger partial charge in [0.1, 0.15) is 18.3 Å². The van der Waals surface area contributed by atoms with Crippen molar-refractivity contribution in [2.45, 2.75) is 76.0 Å². The highest BCUT2D eigenvalue weighted by Crippen LogP contribution is 2.48. The molecule has 2 amide bonds. The molecular weight excluding hydrogens is 518 g/mol. The van der Waals surface area contributed by atoms with Crippen molar-refractivity contribution in [2.75, 3.05) is 17.7 Å². The van der Waals surface area contributed by atoms with Gasteiger partial charge in [-0.2, -0.15) is 0 Å². The number of likely N-dealkylation sites (N-methyl/N-ethyl adjacent to an activating group) is 1. The summed E-state index contributed by atoms with van der Waals surface area (Å²) in [6.07, 6.45) is 3.33. The Labute approximate surface area is 240 Å². The Bertz CT molecular complexity index is 1410. The van der Waals surface area contributed by atoms with Crippen LogP contribution in [0.1, 0.15) is 42.4 Å². The van der Waals surface area contributed by atoms with Crippen molar-refractivity contribution in [3.05, 3.63) is 83.4 Å². The molecule has 3 aliphatic heterocycles. The Kier molecular flexibility index (Phi) is 7.79. The lowest BCUT2D eigenvalue weighted by Gasteiger charge is -2.37. The average Bonchev–Trinajstić information content (AvgIpc) is 3.73. The lowest BCUT2D eigenvalue weighted by molar-refractivity contribution is -0.116. The summed E-state index contributed by atoms with van der Waals surface area (Å²) in [4.78, 5) is 28.1. The standard InChI is InChI=1S/C33H37N3O5/c1-20-15-22(19-37)12-14-26(20)34-30(38)10-6-7-21-11-13-25(23-8-4-3-5-9-23)27(16-21)35-33(39)40-24-17-28-31-32(41-31)29(18-24)36(28)2/h3-5,8-9,11-16,24,28-29,31-32,37H,6-7,10,17-19H2,1-2H3,(H,34,38)(H,35,39). The fourth-order valence-electron chi connectivity index (χ4n) is 6.44. The first-order valence-electron chi connectivity index (χ1n) is 14.4. The molecule has 3 fully saturated rings. The zero-order valence-electron chi connectivity index (χ0n) is 23.5. The number of nitrogens with one attached hydrogen (secondary N) is 2. The van der Waals surface area contributed by atoms with Crippen LogP contribution in [0.2, 0.25) is 0 Å². The Morgan fingerprint density at radius 3 is 2.39 bits per heavy atom. The molecule has 4 atom stereocenters. The third-order valence-corrected chi connectivity index (χ3v) is 8.67. The van der Waals surface area contributed by atoms with E-state index >= 15 is 0 Å². The van der Waals surface area contributed by atoms with Gasteiger partial charge in [0.2, 0.25) is 5.91 Å². The van der Waals surface area contributed by atoms with Crippen LogP contribution in [-0.2, 0) is 27.3 Å². The number of fused-ring (bicyclic) bond motifs is 5. The first kappa shape index (κ1) is 27.4. The summed E-state index contributed by atoms with van der Waals surface area (Å²) >= 11 is 0. The number of hydrogen-bond donors (Lipinski definition) is 3. The van der Waals surface area contributed by atoms with Gasteiger partial charge in [0.05, 0.1) is 12.3 Å². The Balaban J connectivity index is 1.08. The SMILES string of the molecule is Cc1cc(CO)ccc1NC(=O)CCCc1ccc(-c2ccccc2)c(NC(=O)OC2CC3C4OC4C(C2)N3C)c1. The zero-order valence-corrected chi connectivity index (χ0v) is 23.5. The van der Waals surface area contributed by atoms with E-state index in [-0.39, 0.29) is 18.6 Å². The molecule has 3 saturated heterocycles. The van der Waals surface area contributed by atoms with Crippen LogP contribution in [0.3, 0.4) is 0 Å². The third-order valence-electron chi connectivity index (χ3n) is 8.67. The zero-order chi connectivity index (χ0) is 28.5. The van der Waals surface area contributed by atoms with Crippen molar-refractivity contribution in [3.63, 3.8) is 0 Å². The molecule has 4 unspecified atom stereocenters. The van der Waals surface area contributed by atoms with Crippen LogP contribution in [0.25, 0.3) is 11.1 Å². The third kappa shape index (κ3) is 6.00. The number of morpholine rings is 1. The van der Waals surface area contributed by atoms with E-state index in [0.717, 1.165) is 46.3 Å². The number of carbonyl (C=O) groups excluding carboxylic acids is 2. The Hall–Kier alpha value is -3.72. The molecule has 3 N–H and O–H groups in total. The molecule has 3 heterocycles.